The molecule has 0 aromatic heterocycles. The lowest BCUT2D eigenvalue weighted by molar-refractivity contribution is -0.145. The Hall–Kier alpha value is -3.35. The Labute approximate surface area is 183 Å². The van der Waals surface area contributed by atoms with E-state index in [4.69, 9.17) is 4.74 Å². The van der Waals surface area contributed by atoms with Gasteiger partial charge in [-0.05, 0) is 50.1 Å². The van der Waals surface area contributed by atoms with E-state index in [1.165, 1.54) is 0 Å². The predicted octanol–water partition coefficient (Wildman–Crippen LogP) is 4.45. The zero-order chi connectivity index (χ0) is 23.0. The molecular formula is C24H31N3O4. The molecule has 2 aromatic carbocycles. The van der Waals surface area contributed by atoms with E-state index in [1.807, 2.05) is 51.1 Å². The van der Waals surface area contributed by atoms with E-state index in [-0.39, 0.29) is 30.8 Å². The van der Waals surface area contributed by atoms with Gasteiger partial charge in [-0.3, -0.25) is 9.59 Å². The van der Waals surface area contributed by atoms with E-state index in [0.29, 0.717) is 11.3 Å². The van der Waals surface area contributed by atoms with Gasteiger partial charge in [0.2, 0.25) is 0 Å². The molecule has 166 valence electrons. The van der Waals surface area contributed by atoms with Crippen molar-refractivity contribution in [1.29, 1.82) is 0 Å². The van der Waals surface area contributed by atoms with Crippen molar-refractivity contribution in [3.63, 3.8) is 0 Å². The van der Waals surface area contributed by atoms with Gasteiger partial charge in [-0.25, -0.2) is 4.79 Å². The summed E-state index contributed by atoms with van der Waals surface area (Å²) >= 11 is 0. The molecule has 0 heterocycles. The number of hydrogen-bond acceptors (Lipinski definition) is 4. The molecule has 0 fully saturated rings. The number of hydrogen-bond donors (Lipinski definition) is 2. The fourth-order valence-corrected chi connectivity index (χ4v) is 3.02. The summed E-state index contributed by atoms with van der Waals surface area (Å²) in [6.07, 6.45) is 0.0618. The molecular weight excluding hydrogens is 394 g/mol. The molecule has 2 aromatic rings. The molecule has 0 radical (unpaired) electrons. The van der Waals surface area contributed by atoms with Crippen molar-refractivity contribution in [3.05, 3.63) is 60.2 Å². The van der Waals surface area contributed by atoms with Crippen LogP contribution >= 0.6 is 0 Å². The van der Waals surface area contributed by atoms with Crippen LogP contribution in [-0.4, -0.2) is 37.1 Å². The summed E-state index contributed by atoms with van der Waals surface area (Å²) in [6, 6.07) is 15.6. The van der Waals surface area contributed by atoms with Crippen molar-refractivity contribution < 1.29 is 19.1 Å². The highest BCUT2D eigenvalue weighted by molar-refractivity contribution is 6.06. The third-order valence-electron chi connectivity index (χ3n) is 5.31. The second-order valence-electron chi connectivity index (χ2n) is 7.91. The topological polar surface area (TPSA) is 87.7 Å². The fraction of sp³-hybridized carbons (Fsp3) is 0.375. The molecule has 7 heteroatoms. The molecule has 0 aliphatic heterocycles. The smallest absolute Gasteiger partial charge is 0.319 e. The van der Waals surface area contributed by atoms with Gasteiger partial charge in [0.05, 0.1) is 18.6 Å². The van der Waals surface area contributed by atoms with E-state index < -0.39 is 11.6 Å². The Morgan fingerprint density at radius 2 is 1.74 bits per heavy atom. The van der Waals surface area contributed by atoms with Gasteiger partial charge in [0.15, 0.2) is 0 Å². The van der Waals surface area contributed by atoms with Crippen molar-refractivity contribution in [3.8, 4) is 0 Å². The van der Waals surface area contributed by atoms with Crippen LogP contribution in [0.1, 0.15) is 44.5 Å². The lowest BCUT2D eigenvalue weighted by atomic mass is 9.85. The van der Waals surface area contributed by atoms with E-state index in [9.17, 15) is 14.4 Å². The molecule has 31 heavy (non-hydrogen) atoms. The van der Waals surface area contributed by atoms with Crippen LogP contribution in [0.3, 0.4) is 0 Å². The summed E-state index contributed by atoms with van der Waals surface area (Å²) in [5.74, 6) is -0.560. The monoisotopic (exact) mass is 425 g/mol. The lowest BCUT2D eigenvalue weighted by Gasteiger charge is -2.34. The molecule has 0 aliphatic rings. The Morgan fingerprint density at radius 1 is 1.06 bits per heavy atom. The summed E-state index contributed by atoms with van der Waals surface area (Å²) in [5, 5.41) is 5.64. The van der Waals surface area contributed by atoms with E-state index in [1.54, 1.807) is 43.1 Å². The van der Waals surface area contributed by atoms with Gasteiger partial charge >= 0.3 is 12.0 Å². The highest BCUT2D eigenvalue weighted by Gasteiger charge is 2.33. The van der Waals surface area contributed by atoms with Crippen LogP contribution < -0.4 is 15.5 Å². The molecule has 2 N–H and O–H groups in total. The largest absolute Gasteiger partial charge is 0.466 e. The van der Waals surface area contributed by atoms with Gasteiger partial charge in [-0.1, -0.05) is 38.1 Å². The number of esters is 1. The van der Waals surface area contributed by atoms with Crippen LogP contribution in [0, 0.1) is 5.92 Å². The second kappa shape index (κ2) is 10.6. The van der Waals surface area contributed by atoms with Crippen LogP contribution in [0.5, 0.6) is 0 Å². The quantitative estimate of drug-likeness (QED) is 0.612. The Kier molecular flexibility index (Phi) is 8.19. The van der Waals surface area contributed by atoms with Crippen LogP contribution in [0.2, 0.25) is 0 Å². The first kappa shape index (κ1) is 23.9. The summed E-state index contributed by atoms with van der Waals surface area (Å²) in [5.41, 5.74) is 0.918. The van der Waals surface area contributed by atoms with Crippen molar-refractivity contribution in [2.24, 2.45) is 5.92 Å². The fourth-order valence-electron chi connectivity index (χ4n) is 3.02. The number of benzene rings is 2. The summed E-state index contributed by atoms with van der Waals surface area (Å²) < 4.78 is 5.04. The highest BCUT2D eigenvalue weighted by Crippen LogP contribution is 2.22. The number of nitrogens with zero attached hydrogens (tertiary/aromatic N) is 1. The van der Waals surface area contributed by atoms with Crippen LogP contribution in [0.25, 0.3) is 0 Å². The molecule has 0 saturated carbocycles. The maximum Gasteiger partial charge on any atom is 0.319 e. The third kappa shape index (κ3) is 6.57. The maximum atomic E-state index is 12.8. The number of nitrogens with one attached hydrogen (secondary N) is 2. The number of carbonyl (C=O) groups is 3. The summed E-state index contributed by atoms with van der Waals surface area (Å²) in [4.78, 5) is 39.0. The SMILES string of the molecule is CCOC(=O)C[C@@](C)(NC(=O)Nc1cccc(C(=O)N(C)c2ccccc2)c1)C(C)C. The Bertz CT molecular complexity index is 914. The van der Waals surface area contributed by atoms with Gasteiger partial charge in [0, 0.05) is 24.0 Å². The number of urea groups is 1. The average molecular weight is 426 g/mol. The first-order chi connectivity index (χ1) is 14.7. The van der Waals surface area contributed by atoms with Crippen molar-refractivity contribution in [1.82, 2.24) is 5.32 Å². The summed E-state index contributed by atoms with van der Waals surface area (Å²) in [7, 11) is 1.70. The summed E-state index contributed by atoms with van der Waals surface area (Å²) in [6.45, 7) is 7.70. The molecule has 7 nitrogen and oxygen atoms in total. The minimum atomic E-state index is -0.780. The molecule has 1 atom stereocenters. The van der Waals surface area contributed by atoms with E-state index in [0.717, 1.165) is 5.69 Å². The molecule has 3 amide bonds. The number of rotatable bonds is 8. The molecule has 2 rings (SSSR count). The van der Waals surface area contributed by atoms with E-state index >= 15 is 0 Å². The van der Waals surface area contributed by atoms with Gasteiger partial charge in [0.1, 0.15) is 0 Å². The first-order valence-electron chi connectivity index (χ1n) is 10.3. The average Bonchev–Trinajstić information content (AvgIpc) is 2.73. The normalized spacial score (nSPS) is 12.6. The van der Waals surface area contributed by atoms with Crippen LogP contribution in [-0.2, 0) is 9.53 Å². The maximum absolute atomic E-state index is 12.8. The Balaban J connectivity index is 2.10. The lowest BCUT2D eigenvalue weighted by Crippen LogP contribution is -2.52. The first-order valence-corrected chi connectivity index (χ1v) is 10.3. The van der Waals surface area contributed by atoms with Gasteiger partial charge in [-0.2, -0.15) is 0 Å². The van der Waals surface area contributed by atoms with Crippen LogP contribution in [0.4, 0.5) is 16.2 Å². The van der Waals surface area contributed by atoms with E-state index in [2.05, 4.69) is 10.6 Å². The zero-order valence-electron chi connectivity index (χ0n) is 18.8. The Morgan fingerprint density at radius 3 is 2.35 bits per heavy atom. The van der Waals surface area contributed by atoms with Crippen molar-refractivity contribution in [2.45, 2.75) is 39.7 Å². The standard InChI is InChI=1S/C24H31N3O4/c1-6-31-21(28)16-24(4,17(2)3)26-23(30)25-19-12-10-11-18(15-19)22(29)27(5)20-13-8-7-9-14-20/h7-15,17H,6,16H2,1-5H3,(H2,25,26,30)/t24-/m1/s1. The van der Waals surface area contributed by atoms with Gasteiger partial charge in [-0.15, -0.1) is 0 Å². The predicted molar refractivity (Wildman–Crippen MR) is 122 cm³/mol. The van der Waals surface area contributed by atoms with Gasteiger partial charge < -0.3 is 20.3 Å². The minimum absolute atomic E-state index is 0.00455. The van der Waals surface area contributed by atoms with Crippen LogP contribution in [0.15, 0.2) is 54.6 Å². The number of anilines is 2. The van der Waals surface area contributed by atoms with Crippen molar-refractivity contribution >= 4 is 29.3 Å². The number of para-hydroxylation sites is 1. The van der Waals surface area contributed by atoms with Crippen molar-refractivity contribution in [2.75, 3.05) is 23.9 Å². The number of ether oxygens (including phenoxy) is 1. The second-order valence-corrected chi connectivity index (χ2v) is 7.91. The zero-order valence-corrected chi connectivity index (χ0v) is 18.8. The highest BCUT2D eigenvalue weighted by atomic mass is 16.5. The number of carbonyl (C=O) groups excluding carboxylic acids is 3. The molecule has 0 bridgehead atoms. The molecule has 0 unspecified atom stereocenters. The minimum Gasteiger partial charge on any atom is -0.466 e. The van der Waals surface area contributed by atoms with Gasteiger partial charge in [0.25, 0.3) is 5.91 Å². The molecule has 0 aliphatic carbocycles. The third-order valence-corrected chi connectivity index (χ3v) is 5.31. The molecule has 0 saturated heterocycles. The molecule has 0 spiro atoms. The number of amides is 3.